The van der Waals surface area contributed by atoms with Gasteiger partial charge in [0.05, 0.1) is 31.2 Å². The summed E-state index contributed by atoms with van der Waals surface area (Å²) in [5.41, 5.74) is 0.516. The normalized spacial score (nSPS) is 13.4. The van der Waals surface area contributed by atoms with Crippen LogP contribution in [0.5, 0.6) is 5.75 Å². The molecular weight excluding hydrogens is 443 g/mol. The number of aromatic hydroxyl groups is 1. The third-order valence-electron chi connectivity index (χ3n) is 6.19. The summed E-state index contributed by atoms with van der Waals surface area (Å²) in [6.07, 6.45) is -3.80. The van der Waals surface area contributed by atoms with E-state index in [9.17, 15) is 18.3 Å². The summed E-state index contributed by atoms with van der Waals surface area (Å²) in [7, 11) is 2.18. The number of halogens is 4. The molecule has 0 aliphatic rings. The molecule has 0 unspecified atom stereocenters. The van der Waals surface area contributed by atoms with E-state index in [1.165, 1.54) is 0 Å². The third kappa shape index (κ3) is 5.98. The van der Waals surface area contributed by atoms with E-state index < -0.39 is 11.7 Å². The Morgan fingerprint density at radius 2 is 1.48 bits per heavy atom. The van der Waals surface area contributed by atoms with Crippen molar-refractivity contribution in [1.82, 2.24) is 0 Å². The first-order valence-corrected chi connectivity index (χ1v) is 9.76. The molecule has 2 aromatic rings. The van der Waals surface area contributed by atoms with E-state index in [4.69, 9.17) is 0 Å². The third-order valence-corrected chi connectivity index (χ3v) is 6.19. The van der Waals surface area contributed by atoms with Gasteiger partial charge in [-0.3, -0.25) is 0 Å². The van der Waals surface area contributed by atoms with Gasteiger partial charge in [-0.2, -0.15) is 13.2 Å². The molecule has 1 N–H and O–H groups in total. The maximum absolute atomic E-state index is 13.3. The van der Waals surface area contributed by atoms with Crippen LogP contribution in [0.3, 0.4) is 0 Å². The Bertz CT molecular complexity index is 767. The quantitative estimate of drug-likeness (QED) is 0.612. The number of hydrogen-bond donors (Lipinski definition) is 1. The van der Waals surface area contributed by atoms with Crippen molar-refractivity contribution in [2.75, 3.05) is 13.6 Å². The lowest BCUT2D eigenvalue weighted by atomic mass is 9.86. The molecule has 6 heteroatoms. The molecule has 0 saturated carbocycles. The molecule has 0 bridgehead atoms. The second-order valence-corrected chi connectivity index (χ2v) is 8.28. The van der Waals surface area contributed by atoms with Gasteiger partial charge in [-0.15, -0.1) is 0 Å². The second kappa shape index (κ2) is 9.98. The number of quaternary nitrogens is 1. The van der Waals surface area contributed by atoms with Gasteiger partial charge < -0.3 is 26.6 Å². The summed E-state index contributed by atoms with van der Waals surface area (Å²) in [5, 5.41) is 10.4. The molecule has 0 radical (unpaired) electrons. The van der Waals surface area contributed by atoms with Crippen LogP contribution < -0.4 is 17.0 Å². The average molecular weight is 474 g/mol. The molecule has 0 spiro atoms. The van der Waals surface area contributed by atoms with Gasteiger partial charge in [0.15, 0.2) is 0 Å². The molecule has 0 heterocycles. The summed E-state index contributed by atoms with van der Waals surface area (Å²) in [4.78, 5) is 0. The van der Waals surface area contributed by atoms with Gasteiger partial charge in [0.25, 0.3) is 0 Å². The maximum atomic E-state index is 13.3. The fourth-order valence-corrected chi connectivity index (χ4v) is 3.72. The average Bonchev–Trinajstić information content (AvgIpc) is 2.62. The predicted octanol–water partition coefficient (Wildman–Crippen LogP) is 3.20. The van der Waals surface area contributed by atoms with Gasteiger partial charge in [0, 0.05) is 17.9 Å². The molecule has 0 fully saturated rings. The zero-order chi connectivity index (χ0) is 21.1. The molecule has 2 aromatic carbocycles. The second-order valence-electron chi connectivity index (χ2n) is 8.28. The number of rotatable bonds is 7. The van der Waals surface area contributed by atoms with Gasteiger partial charge in [0.1, 0.15) is 5.75 Å². The lowest BCUT2D eigenvalue weighted by molar-refractivity contribution is -0.949. The number of phenolic OH excluding ortho intramolecular Hbond substituents is 1. The van der Waals surface area contributed by atoms with Gasteiger partial charge in [-0.25, -0.2) is 0 Å². The Morgan fingerprint density at radius 1 is 0.931 bits per heavy atom. The minimum absolute atomic E-state index is 0. The van der Waals surface area contributed by atoms with Crippen LogP contribution >= 0.6 is 0 Å². The van der Waals surface area contributed by atoms with Crippen molar-refractivity contribution in [3.63, 3.8) is 0 Å². The van der Waals surface area contributed by atoms with E-state index in [1.54, 1.807) is 0 Å². The SMILES string of the molecule is CC(C)[N+](C)(CC[C@H](c1ccccc1)c1cc(C(F)(F)F)ccc1O)C(C)C.[Br-]. The molecule has 0 aliphatic carbocycles. The standard InChI is InChI=1S/C23H30F3NO.BrH/c1-16(2)27(5,17(3)4)14-13-20(18-9-7-6-8-10-18)21-15-19(23(24,25)26)11-12-22(21)28;/h6-12,15-17,20H,13-14H2,1-5H3;1H/t20-;/m1./s1. The highest BCUT2D eigenvalue weighted by molar-refractivity contribution is 5.44. The van der Waals surface area contributed by atoms with Crippen LogP contribution in [0.15, 0.2) is 48.5 Å². The largest absolute Gasteiger partial charge is 1.00 e. The lowest BCUT2D eigenvalue weighted by Crippen LogP contribution is -3.00. The molecule has 29 heavy (non-hydrogen) atoms. The minimum atomic E-state index is -4.44. The summed E-state index contributed by atoms with van der Waals surface area (Å²) in [6, 6.07) is 13.4. The number of nitrogens with zero attached hydrogens (tertiary/aromatic N) is 1. The van der Waals surface area contributed by atoms with Crippen molar-refractivity contribution >= 4 is 0 Å². The van der Waals surface area contributed by atoms with Crippen molar-refractivity contribution in [1.29, 1.82) is 0 Å². The first-order valence-electron chi connectivity index (χ1n) is 9.76. The van der Waals surface area contributed by atoms with E-state index in [2.05, 4.69) is 34.7 Å². The molecule has 2 nitrogen and oxygen atoms in total. The molecular formula is C23H31BrF3NO. The summed E-state index contributed by atoms with van der Waals surface area (Å²) >= 11 is 0. The Labute approximate surface area is 182 Å². The van der Waals surface area contributed by atoms with Gasteiger partial charge in [-0.1, -0.05) is 30.3 Å². The van der Waals surface area contributed by atoms with Gasteiger partial charge in [0.2, 0.25) is 0 Å². The number of hydrogen-bond acceptors (Lipinski definition) is 1. The van der Waals surface area contributed by atoms with E-state index in [0.29, 0.717) is 24.1 Å². The smallest absolute Gasteiger partial charge is 0.416 e. The Hall–Kier alpha value is -1.53. The van der Waals surface area contributed by atoms with Gasteiger partial charge in [-0.05, 0) is 51.5 Å². The van der Waals surface area contributed by atoms with Crippen LogP contribution in [-0.4, -0.2) is 35.3 Å². The van der Waals surface area contributed by atoms with Crippen molar-refractivity contribution in [2.24, 2.45) is 0 Å². The fourth-order valence-electron chi connectivity index (χ4n) is 3.72. The lowest BCUT2D eigenvalue weighted by Gasteiger charge is -2.43. The van der Waals surface area contributed by atoms with Crippen molar-refractivity contribution in [3.8, 4) is 5.75 Å². The van der Waals surface area contributed by atoms with Crippen LogP contribution in [0.1, 0.15) is 56.7 Å². The highest BCUT2D eigenvalue weighted by Gasteiger charge is 2.34. The molecule has 0 aromatic heterocycles. The monoisotopic (exact) mass is 473 g/mol. The Balaban J connectivity index is 0.00000420. The zero-order valence-corrected chi connectivity index (χ0v) is 19.3. The van der Waals surface area contributed by atoms with Crippen LogP contribution in [-0.2, 0) is 6.18 Å². The number of alkyl halides is 3. The summed E-state index contributed by atoms with van der Waals surface area (Å²) in [6.45, 7) is 9.46. The minimum Gasteiger partial charge on any atom is -1.00 e. The van der Waals surface area contributed by atoms with E-state index >= 15 is 0 Å². The zero-order valence-electron chi connectivity index (χ0n) is 17.7. The predicted molar refractivity (Wildman–Crippen MR) is 107 cm³/mol. The molecule has 1 atom stereocenters. The summed E-state index contributed by atoms with van der Waals surface area (Å²) < 4.78 is 40.6. The highest BCUT2D eigenvalue weighted by atomic mass is 79.9. The van der Waals surface area contributed by atoms with Crippen molar-refractivity contribution < 1.29 is 39.7 Å². The fraction of sp³-hybridized carbons (Fsp3) is 0.478. The number of benzene rings is 2. The first-order chi connectivity index (χ1) is 13.0. The molecule has 0 aliphatic heterocycles. The van der Waals surface area contributed by atoms with Crippen molar-refractivity contribution in [2.45, 2.75) is 58.3 Å². The van der Waals surface area contributed by atoms with Crippen LogP contribution in [0.2, 0.25) is 0 Å². The van der Waals surface area contributed by atoms with Crippen LogP contribution in [0.4, 0.5) is 13.2 Å². The molecule has 0 saturated heterocycles. The topological polar surface area (TPSA) is 20.2 Å². The van der Waals surface area contributed by atoms with Crippen LogP contribution in [0, 0.1) is 0 Å². The number of phenols is 1. The Morgan fingerprint density at radius 3 is 1.97 bits per heavy atom. The van der Waals surface area contributed by atoms with E-state index in [1.807, 2.05) is 30.3 Å². The molecule has 2 rings (SSSR count). The summed E-state index contributed by atoms with van der Waals surface area (Å²) in [5.74, 6) is -0.399. The molecule has 162 valence electrons. The maximum Gasteiger partial charge on any atom is 0.416 e. The first kappa shape index (κ1) is 25.5. The van der Waals surface area contributed by atoms with Gasteiger partial charge >= 0.3 is 6.18 Å². The van der Waals surface area contributed by atoms with E-state index in [-0.39, 0.29) is 28.6 Å². The van der Waals surface area contributed by atoms with Crippen LogP contribution in [0.25, 0.3) is 0 Å². The Kier molecular flexibility index (Phi) is 8.78. The molecule has 0 amide bonds. The highest BCUT2D eigenvalue weighted by Crippen LogP contribution is 2.39. The van der Waals surface area contributed by atoms with Crippen molar-refractivity contribution in [3.05, 3.63) is 65.2 Å². The van der Waals surface area contributed by atoms with E-state index in [0.717, 1.165) is 34.8 Å².